The lowest BCUT2D eigenvalue weighted by Crippen LogP contribution is -2.16. The summed E-state index contributed by atoms with van der Waals surface area (Å²) in [4.78, 5) is 16.0. The molecule has 0 radical (unpaired) electrons. The van der Waals surface area contributed by atoms with Crippen molar-refractivity contribution in [1.29, 1.82) is 0 Å². The van der Waals surface area contributed by atoms with Crippen molar-refractivity contribution in [2.24, 2.45) is 0 Å². The third-order valence-corrected chi connectivity index (χ3v) is 5.04. The number of ether oxygens (including phenoxy) is 1. The molecule has 3 rings (SSSR count). The van der Waals surface area contributed by atoms with Crippen LogP contribution in [0.4, 0.5) is 5.69 Å². The Hall–Kier alpha value is -3.13. The van der Waals surface area contributed by atoms with E-state index >= 15 is 0 Å². The lowest BCUT2D eigenvalue weighted by molar-refractivity contribution is 0.0602. The number of aryl methyl sites for hydroxylation is 1. The summed E-state index contributed by atoms with van der Waals surface area (Å²) in [6.45, 7) is 1.73. The van der Waals surface area contributed by atoms with Crippen molar-refractivity contribution >= 4 is 21.7 Å². The van der Waals surface area contributed by atoms with E-state index in [1.165, 1.54) is 37.6 Å². The number of nitrogens with zero attached hydrogens (tertiary/aromatic N) is 1. The number of nitrogens with one attached hydrogen (secondary N) is 1. The van der Waals surface area contributed by atoms with E-state index in [0.29, 0.717) is 11.6 Å². The van der Waals surface area contributed by atoms with E-state index in [2.05, 4.69) is 14.4 Å². The Bertz CT molecular complexity index is 1040. The summed E-state index contributed by atoms with van der Waals surface area (Å²) >= 11 is 0. The molecule has 1 heterocycles. The molecule has 26 heavy (non-hydrogen) atoms. The molecule has 0 atom stereocenters. The number of rotatable bonds is 5. The maximum atomic E-state index is 12.6. The van der Waals surface area contributed by atoms with Gasteiger partial charge < -0.3 is 9.15 Å². The summed E-state index contributed by atoms with van der Waals surface area (Å²) < 4.78 is 37.5. The van der Waals surface area contributed by atoms with Gasteiger partial charge in [0, 0.05) is 12.5 Å². The molecule has 0 aliphatic carbocycles. The average Bonchev–Trinajstić information content (AvgIpc) is 3.08. The lowest BCUT2D eigenvalue weighted by Gasteiger charge is -2.11. The van der Waals surface area contributed by atoms with Gasteiger partial charge in [0.05, 0.1) is 23.3 Å². The van der Waals surface area contributed by atoms with Gasteiger partial charge in [-0.05, 0) is 24.3 Å². The maximum Gasteiger partial charge on any atom is 0.339 e. The van der Waals surface area contributed by atoms with E-state index in [4.69, 9.17) is 4.42 Å². The number of aromatic nitrogens is 1. The van der Waals surface area contributed by atoms with Crippen LogP contribution in [-0.4, -0.2) is 26.5 Å². The van der Waals surface area contributed by atoms with Crippen molar-refractivity contribution in [1.82, 2.24) is 4.98 Å². The summed E-state index contributed by atoms with van der Waals surface area (Å²) in [6, 6.07) is 12.4. The summed E-state index contributed by atoms with van der Waals surface area (Å²) in [5.74, 6) is -0.0992. The van der Waals surface area contributed by atoms with Crippen molar-refractivity contribution in [2.45, 2.75) is 11.8 Å². The highest BCUT2D eigenvalue weighted by Crippen LogP contribution is 2.24. The van der Waals surface area contributed by atoms with Crippen LogP contribution >= 0.6 is 0 Å². The van der Waals surface area contributed by atoms with E-state index in [1.807, 2.05) is 0 Å². The molecule has 1 aromatic heterocycles. The first kappa shape index (κ1) is 17.7. The Morgan fingerprint density at radius 2 is 1.81 bits per heavy atom. The molecule has 0 aliphatic heterocycles. The number of anilines is 1. The minimum atomic E-state index is -3.87. The first-order valence-corrected chi connectivity index (χ1v) is 9.12. The van der Waals surface area contributed by atoms with Crippen molar-refractivity contribution in [3.8, 4) is 11.3 Å². The van der Waals surface area contributed by atoms with Gasteiger partial charge in [0.25, 0.3) is 10.0 Å². The van der Waals surface area contributed by atoms with Gasteiger partial charge in [0.15, 0.2) is 5.89 Å². The van der Waals surface area contributed by atoms with Crippen LogP contribution in [0.1, 0.15) is 16.2 Å². The molecule has 0 spiro atoms. The quantitative estimate of drug-likeness (QED) is 0.691. The molecular formula is C18H16N2O5S. The third kappa shape index (κ3) is 3.60. The van der Waals surface area contributed by atoms with Crippen LogP contribution in [0.3, 0.4) is 0 Å². The summed E-state index contributed by atoms with van der Waals surface area (Å²) in [7, 11) is -2.64. The Balaban J connectivity index is 1.88. The average molecular weight is 372 g/mol. The summed E-state index contributed by atoms with van der Waals surface area (Å²) in [5.41, 5.74) is 1.63. The number of carbonyl (C=O) groups is 1. The van der Waals surface area contributed by atoms with Crippen LogP contribution in [-0.2, 0) is 14.8 Å². The normalized spacial score (nSPS) is 11.2. The maximum absolute atomic E-state index is 12.6. The highest BCUT2D eigenvalue weighted by Gasteiger charge is 2.19. The lowest BCUT2D eigenvalue weighted by atomic mass is 10.2. The van der Waals surface area contributed by atoms with Gasteiger partial charge >= 0.3 is 5.97 Å². The van der Waals surface area contributed by atoms with Crippen molar-refractivity contribution in [3.05, 3.63) is 66.2 Å². The number of carbonyl (C=O) groups excluding carboxylic acids is 1. The fraction of sp³-hybridized carbons (Fsp3) is 0.111. The fourth-order valence-electron chi connectivity index (χ4n) is 2.36. The Morgan fingerprint density at radius 3 is 2.42 bits per heavy atom. The molecule has 2 aromatic carbocycles. The molecule has 0 bridgehead atoms. The first-order valence-electron chi connectivity index (χ1n) is 7.63. The van der Waals surface area contributed by atoms with Gasteiger partial charge in [-0.3, -0.25) is 4.72 Å². The zero-order valence-corrected chi connectivity index (χ0v) is 14.9. The predicted octanol–water partition coefficient (Wildman–Crippen LogP) is 3.24. The topological polar surface area (TPSA) is 98.5 Å². The van der Waals surface area contributed by atoms with Crippen LogP contribution in [0.25, 0.3) is 11.3 Å². The smallest absolute Gasteiger partial charge is 0.339 e. The number of para-hydroxylation sites is 1. The predicted molar refractivity (Wildman–Crippen MR) is 95.3 cm³/mol. The minimum absolute atomic E-state index is 0.0566. The molecule has 0 amide bonds. The van der Waals surface area contributed by atoms with Crippen LogP contribution in [0.15, 0.2) is 64.1 Å². The van der Waals surface area contributed by atoms with Gasteiger partial charge in [-0.25, -0.2) is 18.2 Å². The number of sulfonamides is 1. The molecular weight excluding hydrogens is 356 g/mol. The zero-order valence-electron chi connectivity index (χ0n) is 14.1. The molecule has 0 fully saturated rings. The summed E-state index contributed by atoms with van der Waals surface area (Å²) in [5, 5.41) is 0. The Kier molecular flexibility index (Phi) is 4.77. The van der Waals surface area contributed by atoms with Gasteiger partial charge in [-0.15, -0.1) is 0 Å². The van der Waals surface area contributed by atoms with E-state index in [0.717, 1.165) is 5.56 Å². The van der Waals surface area contributed by atoms with Gasteiger partial charge in [-0.1, -0.05) is 24.3 Å². The first-order chi connectivity index (χ1) is 12.4. The van der Waals surface area contributed by atoms with E-state index in [9.17, 15) is 13.2 Å². The number of benzene rings is 2. The van der Waals surface area contributed by atoms with E-state index in [-0.39, 0.29) is 16.1 Å². The van der Waals surface area contributed by atoms with Crippen molar-refractivity contribution in [3.63, 3.8) is 0 Å². The second-order valence-electron chi connectivity index (χ2n) is 5.42. The van der Waals surface area contributed by atoms with Crippen LogP contribution < -0.4 is 4.72 Å². The molecule has 0 unspecified atom stereocenters. The van der Waals surface area contributed by atoms with Crippen LogP contribution in [0.5, 0.6) is 0 Å². The molecule has 0 aliphatic rings. The SMILES string of the molecule is COC(=O)c1ccccc1NS(=O)(=O)c1ccc(-c2coc(C)n2)cc1. The number of oxazole rings is 1. The van der Waals surface area contributed by atoms with Crippen molar-refractivity contribution < 1.29 is 22.4 Å². The molecule has 7 nitrogen and oxygen atoms in total. The van der Waals surface area contributed by atoms with Crippen LogP contribution in [0, 0.1) is 6.92 Å². The van der Waals surface area contributed by atoms with Crippen molar-refractivity contribution in [2.75, 3.05) is 11.8 Å². The minimum Gasteiger partial charge on any atom is -0.465 e. The molecule has 0 saturated carbocycles. The van der Waals surface area contributed by atoms with Gasteiger partial charge in [-0.2, -0.15) is 0 Å². The Labute approximate surface area is 150 Å². The Morgan fingerprint density at radius 1 is 1.12 bits per heavy atom. The van der Waals surface area contributed by atoms with E-state index in [1.54, 1.807) is 31.2 Å². The van der Waals surface area contributed by atoms with Gasteiger partial charge in [0.2, 0.25) is 0 Å². The number of hydrogen-bond acceptors (Lipinski definition) is 6. The second kappa shape index (κ2) is 7.01. The molecule has 134 valence electrons. The number of methoxy groups -OCH3 is 1. The standard InChI is InChI=1S/C18H16N2O5S/c1-12-19-17(11-25-12)13-7-9-14(10-8-13)26(22,23)20-16-6-4-3-5-15(16)18(21)24-2/h3-11,20H,1-2H3. The van der Waals surface area contributed by atoms with Crippen LogP contribution in [0.2, 0.25) is 0 Å². The summed E-state index contributed by atoms with van der Waals surface area (Å²) in [6.07, 6.45) is 1.50. The number of hydrogen-bond donors (Lipinski definition) is 1. The number of esters is 1. The fourth-order valence-corrected chi connectivity index (χ4v) is 3.44. The third-order valence-electron chi connectivity index (χ3n) is 3.66. The molecule has 1 N–H and O–H groups in total. The highest BCUT2D eigenvalue weighted by atomic mass is 32.2. The van der Waals surface area contributed by atoms with Gasteiger partial charge in [0.1, 0.15) is 12.0 Å². The van der Waals surface area contributed by atoms with E-state index < -0.39 is 16.0 Å². The second-order valence-corrected chi connectivity index (χ2v) is 7.10. The highest BCUT2D eigenvalue weighted by molar-refractivity contribution is 7.92. The molecule has 8 heteroatoms. The largest absolute Gasteiger partial charge is 0.465 e. The molecule has 3 aromatic rings. The monoisotopic (exact) mass is 372 g/mol. The molecule has 0 saturated heterocycles. The zero-order chi connectivity index (χ0) is 18.7.